The summed E-state index contributed by atoms with van der Waals surface area (Å²) in [6.07, 6.45) is -5.26. The molecule has 13 heteroatoms. The van der Waals surface area contributed by atoms with Crippen LogP contribution in [0, 0.1) is 0 Å². The predicted octanol–water partition coefficient (Wildman–Crippen LogP) is 5.42. The number of rotatable bonds is 11. The molecule has 0 spiro atoms. The number of carboxylic acids is 1. The van der Waals surface area contributed by atoms with Crippen molar-refractivity contribution in [3.63, 3.8) is 0 Å². The Morgan fingerprint density at radius 1 is 0.870 bits per heavy atom. The predicted molar refractivity (Wildman–Crippen MR) is 161 cm³/mol. The van der Waals surface area contributed by atoms with Gasteiger partial charge in [-0.05, 0) is 77.9 Å². The Hall–Kier alpha value is -5.85. The lowest BCUT2D eigenvalue weighted by atomic mass is 10.0. The van der Waals surface area contributed by atoms with E-state index in [9.17, 15) is 37.5 Å². The highest BCUT2D eigenvalue weighted by atomic mass is 19.4. The Balaban J connectivity index is 1.40. The van der Waals surface area contributed by atoms with Gasteiger partial charge in [0.15, 0.2) is 0 Å². The normalized spacial score (nSPS) is 11.0. The third-order valence-corrected chi connectivity index (χ3v) is 6.63. The van der Waals surface area contributed by atoms with Crippen molar-refractivity contribution in [1.82, 2.24) is 4.90 Å². The van der Waals surface area contributed by atoms with E-state index < -0.39 is 48.5 Å². The fourth-order valence-electron chi connectivity index (χ4n) is 4.44. The van der Waals surface area contributed by atoms with Crippen LogP contribution in [0.2, 0.25) is 0 Å². The zero-order chi connectivity index (χ0) is 33.4. The molecule has 0 aliphatic heterocycles. The van der Waals surface area contributed by atoms with Crippen LogP contribution in [0.25, 0.3) is 0 Å². The SMILES string of the molecule is COc1ccc(CC(=O)Nc2ccc(C(=O)N(CC(=O)O)Cc3ccc(OC(=O)c4cccc(N)c4)cc3)cc2)c(C(F)(F)F)c1. The second kappa shape index (κ2) is 14.3. The molecule has 0 aromatic heterocycles. The minimum Gasteiger partial charge on any atom is -0.497 e. The topological polar surface area (TPSA) is 148 Å². The highest BCUT2D eigenvalue weighted by molar-refractivity contribution is 5.97. The molecule has 0 bridgehead atoms. The molecule has 4 aromatic rings. The quantitative estimate of drug-likeness (QED) is 0.112. The molecule has 10 nitrogen and oxygen atoms in total. The summed E-state index contributed by atoms with van der Waals surface area (Å²) in [5, 5.41) is 11.9. The summed E-state index contributed by atoms with van der Waals surface area (Å²) in [5.74, 6) is -2.97. The van der Waals surface area contributed by atoms with Crippen LogP contribution < -0.4 is 20.5 Å². The van der Waals surface area contributed by atoms with E-state index in [2.05, 4.69) is 5.32 Å². The number of nitrogens with two attached hydrogens (primary N) is 1. The van der Waals surface area contributed by atoms with Gasteiger partial charge in [-0.15, -0.1) is 0 Å². The van der Waals surface area contributed by atoms with Crippen LogP contribution in [0.4, 0.5) is 24.5 Å². The number of esters is 1. The van der Waals surface area contributed by atoms with E-state index in [4.69, 9.17) is 15.2 Å². The summed E-state index contributed by atoms with van der Waals surface area (Å²) >= 11 is 0. The van der Waals surface area contributed by atoms with E-state index in [1.165, 1.54) is 61.7 Å². The summed E-state index contributed by atoms with van der Waals surface area (Å²) in [6.45, 7) is -0.705. The molecule has 0 saturated heterocycles. The standard InChI is InChI=1S/C33H28F3N3O7/c1-45-27-14-9-22(28(17-27)33(34,35)36)16-29(40)38-25-10-7-21(8-11-25)31(43)39(19-30(41)42)18-20-5-12-26(13-6-20)46-32(44)23-3-2-4-24(37)15-23/h2-15,17H,16,18-19,37H2,1H3,(H,38,40)(H,41,42). The van der Waals surface area contributed by atoms with E-state index in [0.717, 1.165) is 11.0 Å². The number of benzene rings is 4. The molecule has 0 heterocycles. The van der Waals surface area contributed by atoms with Gasteiger partial charge in [0.05, 0.1) is 24.7 Å². The van der Waals surface area contributed by atoms with Gasteiger partial charge in [0.25, 0.3) is 5.91 Å². The monoisotopic (exact) mass is 635 g/mol. The minimum absolute atomic E-state index is 0.00124. The largest absolute Gasteiger partial charge is 0.497 e. The first-order chi connectivity index (χ1) is 21.8. The first-order valence-corrected chi connectivity index (χ1v) is 13.6. The summed E-state index contributed by atoms with van der Waals surface area (Å²) in [4.78, 5) is 50.8. The van der Waals surface area contributed by atoms with E-state index in [0.29, 0.717) is 11.3 Å². The number of hydrogen-bond acceptors (Lipinski definition) is 7. The van der Waals surface area contributed by atoms with Gasteiger partial charge in [-0.25, -0.2) is 4.79 Å². The van der Waals surface area contributed by atoms with Gasteiger partial charge in [0, 0.05) is 23.5 Å². The molecule has 0 aliphatic carbocycles. The Labute approximate surface area is 261 Å². The van der Waals surface area contributed by atoms with Crippen LogP contribution in [-0.2, 0) is 28.7 Å². The van der Waals surface area contributed by atoms with Crippen LogP contribution in [0.1, 0.15) is 37.4 Å². The summed E-state index contributed by atoms with van der Waals surface area (Å²) in [5.41, 5.74) is 6.02. The number of nitrogen functional groups attached to an aromatic ring is 1. The number of methoxy groups -OCH3 is 1. The second-order valence-electron chi connectivity index (χ2n) is 10.0. The lowest BCUT2D eigenvalue weighted by Gasteiger charge is -2.21. The zero-order valence-electron chi connectivity index (χ0n) is 24.3. The Bertz CT molecular complexity index is 1740. The lowest BCUT2D eigenvalue weighted by Crippen LogP contribution is -2.35. The number of halogens is 3. The number of amides is 2. The molecule has 4 rings (SSSR count). The van der Waals surface area contributed by atoms with Crippen LogP contribution >= 0.6 is 0 Å². The van der Waals surface area contributed by atoms with Crippen molar-refractivity contribution in [3.05, 3.63) is 119 Å². The number of carbonyl (C=O) groups is 4. The molecule has 238 valence electrons. The Morgan fingerprint density at radius 2 is 1.54 bits per heavy atom. The Kier molecular flexibility index (Phi) is 10.3. The van der Waals surface area contributed by atoms with E-state index in [1.807, 2.05) is 0 Å². The second-order valence-corrected chi connectivity index (χ2v) is 10.0. The van der Waals surface area contributed by atoms with Crippen molar-refractivity contribution >= 4 is 35.1 Å². The fraction of sp³-hybridized carbons (Fsp3) is 0.152. The average Bonchev–Trinajstić information content (AvgIpc) is 3.01. The first-order valence-electron chi connectivity index (χ1n) is 13.6. The third kappa shape index (κ3) is 8.85. The minimum atomic E-state index is -4.69. The number of anilines is 2. The van der Waals surface area contributed by atoms with Gasteiger partial charge in [-0.2, -0.15) is 13.2 Å². The maximum Gasteiger partial charge on any atom is 0.416 e. The highest BCUT2D eigenvalue weighted by Gasteiger charge is 2.34. The van der Waals surface area contributed by atoms with Crippen LogP contribution in [-0.4, -0.2) is 47.4 Å². The Morgan fingerprint density at radius 3 is 2.15 bits per heavy atom. The summed E-state index contributed by atoms with van der Waals surface area (Å²) < 4.78 is 50.7. The molecule has 4 aromatic carbocycles. The van der Waals surface area contributed by atoms with Gasteiger partial charge >= 0.3 is 18.1 Å². The van der Waals surface area contributed by atoms with Gasteiger partial charge in [0.2, 0.25) is 5.91 Å². The van der Waals surface area contributed by atoms with Gasteiger partial charge in [-0.1, -0.05) is 24.3 Å². The number of hydrogen-bond donors (Lipinski definition) is 3. The fourth-order valence-corrected chi connectivity index (χ4v) is 4.44. The molecular weight excluding hydrogens is 607 g/mol. The highest BCUT2D eigenvalue weighted by Crippen LogP contribution is 2.34. The molecule has 2 amide bonds. The van der Waals surface area contributed by atoms with Crippen molar-refractivity contribution in [2.24, 2.45) is 0 Å². The number of ether oxygens (including phenoxy) is 2. The number of alkyl halides is 3. The lowest BCUT2D eigenvalue weighted by molar-refractivity contribution is -0.139. The molecule has 0 saturated carbocycles. The van der Waals surface area contributed by atoms with Crippen molar-refractivity contribution in [3.8, 4) is 11.5 Å². The number of carbonyl (C=O) groups excluding carboxylic acids is 3. The van der Waals surface area contributed by atoms with E-state index in [1.54, 1.807) is 30.3 Å². The van der Waals surface area contributed by atoms with Crippen LogP contribution in [0.5, 0.6) is 11.5 Å². The molecule has 0 unspecified atom stereocenters. The molecule has 0 radical (unpaired) electrons. The van der Waals surface area contributed by atoms with Crippen LogP contribution in [0.3, 0.4) is 0 Å². The maximum atomic E-state index is 13.5. The molecule has 46 heavy (non-hydrogen) atoms. The molecule has 4 N–H and O–H groups in total. The molecule has 0 aliphatic rings. The number of nitrogens with zero attached hydrogens (tertiary/aromatic N) is 1. The summed E-state index contributed by atoms with van der Waals surface area (Å²) in [6, 6.07) is 21.2. The maximum absolute atomic E-state index is 13.5. The van der Waals surface area contributed by atoms with E-state index in [-0.39, 0.29) is 40.4 Å². The third-order valence-electron chi connectivity index (χ3n) is 6.63. The van der Waals surface area contributed by atoms with Crippen molar-refractivity contribution in [1.29, 1.82) is 0 Å². The first kappa shape index (κ1) is 33.1. The molecule has 0 fully saturated rings. The van der Waals surface area contributed by atoms with E-state index >= 15 is 0 Å². The van der Waals surface area contributed by atoms with Gasteiger partial charge < -0.3 is 30.5 Å². The van der Waals surface area contributed by atoms with Crippen molar-refractivity contribution < 1.29 is 46.9 Å². The molecular formula is C33H28F3N3O7. The van der Waals surface area contributed by atoms with Gasteiger partial charge in [-0.3, -0.25) is 14.4 Å². The number of aliphatic carboxylic acids is 1. The smallest absolute Gasteiger partial charge is 0.416 e. The number of nitrogens with one attached hydrogen (secondary N) is 1. The van der Waals surface area contributed by atoms with Gasteiger partial charge in [0.1, 0.15) is 18.0 Å². The molecule has 0 atom stereocenters. The average molecular weight is 636 g/mol. The number of carboxylic acid groups (broad SMARTS) is 1. The van der Waals surface area contributed by atoms with Crippen LogP contribution in [0.15, 0.2) is 91.0 Å². The summed E-state index contributed by atoms with van der Waals surface area (Å²) in [7, 11) is 1.24. The van der Waals surface area contributed by atoms with Crippen molar-refractivity contribution in [2.45, 2.75) is 19.1 Å². The zero-order valence-corrected chi connectivity index (χ0v) is 24.3. The van der Waals surface area contributed by atoms with Crippen molar-refractivity contribution in [2.75, 3.05) is 24.7 Å².